The van der Waals surface area contributed by atoms with Gasteiger partial charge in [0.25, 0.3) is 0 Å². The summed E-state index contributed by atoms with van der Waals surface area (Å²) < 4.78 is 7.64. The van der Waals surface area contributed by atoms with Crippen molar-refractivity contribution in [3.63, 3.8) is 0 Å². The predicted octanol–water partition coefficient (Wildman–Crippen LogP) is 5.40. The maximum Gasteiger partial charge on any atom is 0.416 e. The molecule has 0 bridgehead atoms. The standard InChI is InChI=1S/C20H24N2O4SSi/c1-12(2)17(23)15-11-27-19(21-15)18(26-28(3,4)5)14-10-22(20(24)25)16-9-7-6-8-13(14)16/h6-12,18H,1-5H3,(H,24,25). The zero-order valence-electron chi connectivity index (χ0n) is 16.6. The summed E-state index contributed by atoms with van der Waals surface area (Å²) in [7, 11) is -2.01. The first-order valence-corrected chi connectivity index (χ1v) is 13.4. The lowest BCUT2D eigenvalue weighted by Gasteiger charge is -2.25. The van der Waals surface area contributed by atoms with E-state index < -0.39 is 20.5 Å². The molecule has 0 amide bonds. The molecule has 0 radical (unpaired) electrons. The van der Waals surface area contributed by atoms with E-state index in [2.05, 4.69) is 24.6 Å². The third kappa shape index (κ3) is 4.08. The number of carbonyl (C=O) groups is 2. The van der Waals surface area contributed by atoms with E-state index in [1.807, 2.05) is 32.0 Å². The van der Waals surface area contributed by atoms with Crippen LogP contribution in [0.2, 0.25) is 19.6 Å². The number of rotatable bonds is 6. The predicted molar refractivity (Wildman–Crippen MR) is 113 cm³/mol. The summed E-state index contributed by atoms with van der Waals surface area (Å²) in [5.74, 6) is -0.151. The zero-order valence-corrected chi connectivity index (χ0v) is 18.4. The van der Waals surface area contributed by atoms with Crippen LogP contribution in [-0.4, -0.2) is 34.9 Å². The Morgan fingerprint density at radius 1 is 1.21 bits per heavy atom. The van der Waals surface area contributed by atoms with Gasteiger partial charge in [0.05, 0.1) is 5.52 Å². The van der Waals surface area contributed by atoms with E-state index in [0.29, 0.717) is 16.2 Å². The minimum absolute atomic E-state index is 0.0118. The molecule has 0 aliphatic carbocycles. The van der Waals surface area contributed by atoms with Gasteiger partial charge in [-0.15, -0.1) is 11.3 Å². The smallest absolute Gasteiger partial charge is 0.416 e. The summed E-state index contributed by atoms with van der Waals surface area (Å²) in [6.07, 6.45) is 0.0308. The highest BCUT2D eigenvalue weighted by Crippen LogP contribution is 2.37. The van der Waals surface area contributed by atoms with Crippen LogP contribution in [0.3, 0.4) is 0 Å². The maximum absolute atomic E-state index is 12.3. The normalized spacial score (nSPS) is 13.2. The van der Waals surface area contributed by atoms with Crippen molar-refractivity contribution in [2.75, 3.05) is 0 Å². The number of nitrogens with zero attached hydrogens (tertiary/aromatic N) is 2. The number of Topliss-reactive ketones (excluding diaryl/α,β-unsaturated/α-hetero) is 1. The Morgan fingerprint density at radius 2 is 1.89 bits per heavy atom. The molecule has 6 nitrogen and oxygen atoms in total. The highest BCUT2D eigenvalue weighted by molar-refractivity contribution is 7.10. The van der Waals surface area contributed by atoms with E-state index in [9.17, 15) is 14.7 Å². The van der Waals surface area contributed by atoms with Crippen LogP contribution >= 0.6 is 11.3 Å². The molecule has 1 aromatic carbocycles. The van der Waals surface area contributed by atoms with Crippen molar-refractivity contribution < 1.29 is 19.1 Å². The molecule has 2 aromatic heterocycles. The van der Waals surface area contributed by atoms with E-state index in [1.165, 1.54) is 15.9 Å². The summed E-state index contributed by atoms with van der Waals surface area (Å²) >= 11 is 1.37. The molecule has 148 valence electrons. The first kappa shape index (κ1) is 20.4. The molecule has 0 saturated carbocycles. The van der Waals surface area contributed by atoms with Crippen LogP contribution in [0.1, 0.15) is 41.0 Å². The first-order chi connectivity index (χ1) is 13.1. The molecule has 1 N–H and O–H groups in total. The van der Waals surface area contributed by atoms with Crippen LogP contribution in [0.4, 0.5) is 4.79 Å². The molecule has 0 aliphatic rings. The Kier molecular flexibility index (Phi) is 5.56. The van der Waals surface area contributed by atoms with Crippen molar-refractivity contribution in [3.8, 4) is 0 Å². The summed E-state index contributed by atoms with van der Waals surface area (Å²) in [4.78, 5) is 28.6. The summed E-state index contributed by atoms with van der Waals surface area (Å²) in [6.45, 7) is 9.91. The number of ketones is 1. The molecule has 1 atom stereocenters. The number of carbonyl (C=O) groups excluding carboxylic acids is 1. The van der Waals surface area contributed by atoms with E-state index in [0.717, 1.165) is 10.9 Å². The van der Waals surface area contributed by atoms with Gasteiger partial charge in [-0.05, 0) is 25.7 Å². The Bertz CT molecular complexity index is 1030. The lowest BCUT2D eigenvalue weighted by molar-refractivity contribution is 0.0934. The summed E-state index contributed by atoms with van der Waals surface area (Å²) in [6, 6.07) is 7.34. The minimum Gasteiger partial charge on any atom is -0.464 e. The Labute approximate surface area is 168 Å². The fourth-order valence-corrected chi connectivity index (χ4v) is 4.87. The molecule has 28 heavy (non-hydrogen) atoms. The lowest BCUT2D eigenvalue weighted by Crippen LogP contribution is -2.28. The first-order valence-electron chi connectivity index (χ1n) is 9.09. The third-order valence-corrected chi connectivity index (χ3v) is 6.06. The van der Waals surface area contributed by atoms with Gasteiger partial charge < -0.3 is 9.53 Å². The van der Waals surface area contributed by atoms with Gasteiger partial charge in [-0.25, -0.2) is 9.78 Å². The largest absolute Gasteiger partial charge is 0.464 e. The van der Waals surface area contributed by atoms with Crippen molar-refractivity contribution in [1.29, 1.82) is 0 Å². The average Bonchev–Trinajstić information content (AvgIpc) is 3.23. The fourth-order valence-electron chi connectivity index (χ4n) is 2.99. The number of para-hydroxylation sites is 1. The summed E-state index contributed by atoms with van der Waals surface area (Å²) in [5.41, 5.74) is 1.78. The maximum atomic E-state index is 12.3. The number of fused-ring (bicyclic) bond motifs is 1. The van der Waals surface area contributed by atoms with E-state index >= 15 is 0 Å². The van der Waals surface area contributed by atoms with Crippen LogP contribution in [0.25, 0.3) is 10.9 Å². The molecular formula is C20H24N2O4SSi. The lowest BCUT2D eigenvalue weighted by atomic mass is 10.1. The molecule has 0 fully saturated rings. The van der Waals surface area contributed by atoms with Gasteiger partial charge in [-0.1, -0.05) is 32.0 Å². The molecule has 0 aliphatic heterocycles. The van der Waals surface area contributed by atoms with Crippen LogP contribution in [0.15, 0.2) is 35.8 Å². The topological polar surface area (TPSA) is 81.4 Å². The van der Waals surface area contributed by atoms with Gasteiger partial charge in [0.2, 0.25) is 0 Å². The molecular weight excluding hydrogens is 392 g/mol. The molecule has 2 heterocycles. The van der Waals surface area contributed by atoms with Gasteiger partial charge in [0, 0.05) is 28.4 Å². The second kappa shape index (κ2) is 7.61. The summed E-state index contributed by atoms with van der Waals surface area (Å²) in [5, 5.41) is 12.8. The van der Waals surface area contributed by atoms with Crippen molar-refractivity contribution in [2.45, 2.75) is 39.6 Å². The number of carboxylic acid groups (broad SMARTS) is 1. The van der Waals surface area contributed by atoms with Gasteiger partial charge >= 0.3 is 6.09 Å². The second-order valence-electron chi connectivity index (χ2n) is 7.95. The van der Waals surface area contributed by atoms with Crippen LogP contribution in [0.5, 0.6) is 0 Å². The molecule has 0 saturated heterocycles. The van der Waals surface area contributed by atoms with Crippen LogP contribution < -0.4 is 0 Å². The molecule has 8 heteroatoms. The average molecular weight is 417 g/mol. The van der Waals surface area contributed by atoms with Crippen LogP contribution in [0, 0.1) is 5.92 Å². The third-order valence-electron chi connectivity index (χ3n) is 4.23. The van der Waals surface area contributed by atoms with Crippen molar-refractivity contribution in [1.82, 2.24) is 9.55 Å². The highest BCUT2D eigenvalue weighted by atomic mass is 32.1. The number of hydrogen-bond acceptors (Lipinski definition) is 5. The van der Waals surface area contributed by atoms with Crippen molar-refractivity contribution >= 4 is 42.4 Å². The number of thiazole rings is 1. The van der Waals surface area contributed by atoms with E-state index in [4.69, 9.17) is 4.43 Å². The Hall–Kier alpha value is -2.29. The number of benzene rings is 1. The zero-order chi connectivity index (χ0) is 20.6. The van der Waals surface area contributed by atoms with E-state index in [1.54, 1.807) is 17.6 Å². The molecule has 3 aromatic rings. The Morgan fingerprint density at radius 3 is 2.50 bits per heavy atom. The number of hydrogen-bond donors (Lipinski definition) is 1. The fraction of sp³-hybridized carbons (Fsp3) is 0.350. The van der Waals surface area contributed by atoms with Crippen molar-refractivity contribution in [2.24, 2.45) is 5.92 Å². The quantitative estimate of drug-likeness (QED) is 0.429. The second-order valence-corrected chi connectivity index (χ2v) is 13.3. The number of aromatic nitrogens is 2. The SMILES string of the molecule is CC(C)C(=O)c1csc(C(O[Si](C)(C)C)c2cn(C(=O)O)c3ccccc23)n1. The van der Waals surface area contributed by atoms with Gasteiger partial charge in [0.15, 0.2) is 14.1 Å². The van der Waals surface area contributed by atoms with Gasteiger partial charge in [0.1, 0.15) is 16.8 Å². The van der Waals surface area contributed by atoms with Gasteiger partial charge in [-0.3, -0.25) is 9.36 Å². The highest BCUT2D eigenvalue weighted by Gasteiger charge is 2.30. The monoisotopic (exact) mass is 416 g/mol. The van der Waals surface area contributed by atoms with Crippen molar-refractivity contribution in [3.05, 3.63) is 52.1 Å². The molecule has 1 unspecified atom stereocenters. The molecule has 3 rings (SSSR count). The minimum atomic E-state index is -2.01. The van der Waals surface area contributed by atoms with Crippen LogP contribution in [-0.2, 0) is 4.43 Å². The van der Waals surface area contributed by atoms with Gasteiger partial charge in [-0.2, -0.15) is 0 Å². The Balaban J connectivity index is 2.16. The molecule has 0 spiro atoms. The van der Waals surface area contributed by atoms with E-state index in [-0.39, 0.29) is 11.7 Å².